The third-order valence-corrected chi connectivity index (χ3v) is 6.01. The number of fused-ring (bicyclic) bond motifs is 2. The van der Waals surface area contributed by atoms with E-state index in [-0.39, 0.29) is 30.5 Å². The fraction of sp³-hybridized carbons (Fsp3) is 0.304. The summed E-state index contributed by atoms with van der Waals surface area (Å²) in [6, 6.07) is 12.7. The normalized spacial score (nSPS) is 18.9. The topological polar surface area (TPSA) is 81.5 Å². The quantitative estimate of drug-likeness (QED) is 0.626. The first kappa shape index (κ1) is 18.5. The van der Waals surface area contributed by atoms with Gasteiger partial charge in [-0.3, -0.25) is 14.4 Å². The van der Waals surface area contributed by atoms with Crippen molar-refractivity contribution in [1.29, 1.82) is 0 Å². The molecule has 0 saturated heterocycles. The average molecular weight is 403 g/mol. The van der Waals surface area contributed by atoms with Crippen LogP contribution in [0.2, 0.25) is 0 Å². The number of ether oxygens (including phenoxy) is 1. The molecule has 2 heterocycles. The number of amides is 1. The van der Waals surface area contributed by atoms with Gasteiger partial charge in [-0.2, -0.15) is 0 Å². The van der Waals surface area contributed by atoms with Gasteiger partial charge in [0, 0.05) is 24.6 Å². The zero-order valence-electron chi connectivity index (χ0n) is 16.6. The van der Waals surface area contributed by atoms with Crippen molar-refractivity contribution in [3.8, 4) is 5.75 Å². The minimum Gasteiger partial charge on any atom is -0.485 e. The molecule has 1 fully saturated rings. The monoisotopic (exact) mass is 403 g/mol. The molecule has 1 amide bonds. The summed E-state index contributed by atoms with van der Waals surface area (Å²) in [5.41, 5.74) is 3.28. The number of carbonyl (C=O) groups excluding carboxylic acids is 3. The van der Waals surface area contributed by atoms with E-state index in [9.17, 15) is 14.4 Å². The molecule has 1 atom stereocenters. The fourth-order valence-corrected chi connectivity index (χ4v) is 4.37. The maximum atomic E-state index is 12.9. The molecule has 0 N–H and O–H groups in total. The Morgan fingerprint density at radius 1 is 1.10 bits per heavy atom. The fourth-order valence-electron chi connectivity index (χ4n) is 4.37. The molecule has 0 bridgehead atoms. The van der Waals surface area contributed by atoms with Crippen LogP contribution >= 0.6 is 0 Å². The van der Waals surface area contributed by atoms with Crippen LogP contribution < -0.4 is 4.74 Å². The van der Waals surface area contributed by atoms with Gasteiger partial charge in [0.2, 0.25) is 0 Å². The molecule has 3 aromatic rings. The van der Waals surface area contributed by atoms with Crippen molar-refractivity contribution in [1.82, 2.24) is 14.5 Å². The number of hydrogen-bond donors (Lipinski definition) is 0. The van der Waals surface area contributed by atoms with Crippen LogP contribution in [0.1, 0.15) is 41.0 Å². The number of benzene rings is 2. The zero-order valence-corrected chi connectivity index (χ0v) is 16.6. The van der Waals surface area contributed by atoms with Gasteiger partial charge in [0.05, 0.1) is 30.0 Å². The largest absolute Gasteiger partial charge is 0.485 e. The van der Waals surface area contributed by atoms with Crippen molar-refractivity contribution < 1.29 is 19.1 Å². The number of rotatable bonds is 4. The predicted octanol–water partition coefficient (Wildman–Crippen LogP) is 2.80. The van der Waals surface area contributed by atoms with Crippen molar-refractivity contribution in [2.75, 3.05) is 0 Å². The SMILES string of the molecule is Cn1c(COc2cccc3c2CN(C2CCC(=O)CC2=O)C3=O)nc2ccccc21. The van der Waals surface area contributed by atoms with E-state index in [0.29, 0.717) is 30.7 Å². The number of para-hydroxylation sites is 2. The second kappa shape index (κ2) is 7.09. The van der Waals surface area contributed by atoms with Crippen molar-refractivity contribution in [2.24, 2.45) is 7.05 Å². The highest BCUT2D eigenvalue weighted by molar-refractivity contribution is 6.07. The summed E-state index contributed by atoms with van der Waals surface area (Å²) in [6.07, 6.45) is 0.654. The maximum absolute atomic E-state index is 12.9. The number of Topliss-reactive ketones (excluding diaryl/α,β-unsaturated/α-hetero) is 2. The van der Waals surface area contributed by atoms with Crippen molar-refractivity contribution >= 4 is 28.5 Å². The van der Waals surface area contributed by atoms with E-state index in [2.05, 4.69) is 4.98 Å². The third kappa shape index (κ3) is 2.98. The number of carbonyl (C=O) groups is 3. The van der Waals surface area contributed by atoms with E-state index in [1.165, 1.54) is 0 Å². The Bertz CT molecular complexity index is 1200. The van der Waals surface area contributed by atoms with Gasteiger partial charge in [0.15, 0.2) is 5.78 Å². The minimum absolute atomic E-state index is 0.0492. The lowest BCUT2D eigenvalue weighted by atomic mass is 9.92. The molecule has 5 rings (SSSR count). The first-order valence-electron chi connectivity index (χ1n) is 10.0. The van der Waals surface area contributed by atoms with Gasteiger partial charge in [-0.15, -0.1) is 0 Å². The van der Waals surface area contributed by atoms with Crippen LogP contribution in [0.5, 0.6) is 5.75 Å². The molecule has 7 heteroatoms. The Hall–Kier alpha value is -3.48. The van der Waals surface area contributed by atoms with Crippen molar-refractivity contribution in [3.63, 3.8) is 0 Å². The van der Waals surface area contributed by atoms with E-state index in [0.717, 1.165) is 22.4 Å². The Labute approximate surface area is 173 Å². The zero-order chi connectivity index (χ0) is 20.8. The molecule has 2 aliphatic rings. The van der Waals surface area contributed by atoms with E-state index >= 15 is 0 Å². The van der Waals surface area contributed by atoms with Gasteiger partial charge >= 0.3 is 0 Å². The Morgan fingerprint density at radius 2 is 1.93 bits per heavy atom. The van der Waals surface area contributed by atoms with E-state index in [1.54, 1.807) is 17.0 Å². The molecule has 30 heavy (non-hydrogen) atoms. The van der Waals surface area contributed by atoms with Crippen molar-refractivity contribution in [2.45, 2.75) is 38.5 Å². The van der Waals surface area contributed by atoms with Crippen molar-refractivity contribution in [3.05, 3.63) is 59.4 Å². The third-order valence-electron chi connectivity index (χ3n) is 6.01. The molecule has 1 unspecified atom stereocenters. The summed E-state index contributed by atoms with van der Waals surface area (Å²) in [6.45, 7) is 0.587. The lowest BCUT2D eigenvalue weighted by Crippen LogP contribution is -2.44. The molecule has 152 valence electrons. The number of aryl methyl sites for hydroxylation is 1. The summed E-state index contributed by atoms with van der Waals surface area (Å²) in [4.78, 5) is 43.0. The minimum atomic E-state index is -0.532. The van der Waals surface area contributed by atoms with Crippen LogP contribution in [-0.4, -0.2) is 38.0 Å². The first-order valence-corrected chi connectivity index (χ1v) is 10.0. The highest BCUT2D eigenvalue weighted by Crippen LogP contribution is 2.34. The molecular formula is C23H21N3O4. The Balaban J connectivity index is 1.38. The highest BCUT2D eigenvalue weighted by atomic mass is 16.5. The lowest BCUT2D eigenvalue weighted by Gasteiger charge is -2.29. The molecule has 1 aromatic heterocycles. The predicted molar refractivity (Wildman–Crippen MR) is 109 cm³/mol. The number of hydrogen-bond acceptors (Lipinski definition) is 5. The van der Waals surface area contributed by atoms with Crippen LogP contribution in [0.3, 0.4) is 0 Å². The van der Waals surface area contributed by atoms with Crippen LogP contribution in [0, 0.1) is 0 Å². The van der Waals surface area contributed by atoms with E-state index in [4.69, 9.17) is 4.74 Å². The second-order valence-electron chi connectivity index (χ2n) is 7.82. The van der Waals surface area contributed by atoms with Gasteiger partial charge in [0.1, 0.15) is 24.0 Å². The maximum Gasteiger partial charge on any atom is 0.255 e. The summed E-state index contributed by atoms with van der Waals surface area (Å²) in [5.74, 6) is 1.01. The average Bonchev–Trinajstić information content (AvgIpc) is 3.24. The van der Waals surface area contributed by atoms with Gasteiger partial charge in [0.25, 0.3) is 5.91 Å². The Kier molecular flexibility index (Phi) is 4.38. The summed E-state index contributed by atoms with van der Waals surface area (Å²) in [7, 11) is 1.95. The molecule has 0 spiro atoms. The highest BCUT2D eigenvalue weighted by Gasteiger charge is 2.40. The number of imidazole rings is 1. The van der Waals surface area contributed by atoms with E-state index in [1.807, 2.05) is 41.9 Å². The second-order valence-corrected chi connectivity index (χ2v) is 7.82. The number of aromatic nitrogens is 2. The molecule has 1 aliphatic heterocycles. The summed E-state index contributed by atoms with van der Waals surface area (Å²) in [5, 5.41) is 0. The first-order chi connectivity index (χ1) is 14.5. The Morgan fingerprint density at radius 3 is 2.73 bits per heavy atom. The lowest BCUT2D eigenvalue weighted by molar-refractivity contribution is -0.133. The molecular weight excluding hydrogens is 382 g/mol. The van der Waals surface area contributed by atoms with E-state index < -0.39 is 6.04 Å². The summed E-state index contributed by atoms with van der Waals surface area (Å²) < 4.78 is 8.07. The van der Waals surface area contributed by atoms with Crippen LogP contribution in [0.4, 0.5) is 0 Å². The smallest absolute Gasteiger partial charge is 0.255 e. The van der Waals surface area contributed by atoms with Crippen LogP contribution in [0.15, 0.2) is 42.5 Å². The number of ketones is 2. The number of nitrogens with zero attached hydrogens (tertiary/aromatic N) is 3. The van der Waals surface area contributed by atoms with Gasteiger partial charge in [-0.1, -0.05) is 18.2 Å². The van der Waals surface area contributed by atoms with Crippen LogP contribution in [-0.2, 0) is 29.8 Å². The van der Waals surface area contributed by atoms with Crippen LogP contribution in [0.25, 0.3) is 11.0 Å². The molecule has 2 aromatic carbocycles. The van der Waals surface area contributed by atoms with Gasteiger partial charge in [-0.25, -0.2) is 4.98 Å². The standard InChI is InChI=1S/C23H21N3O4/c1-25-18-7-3-2-6-17(18)24-22(25)13-30-21-8-4-5-15-16(21)12-26(23(15)29)19-10-9-14(27)11-20(19)28/h2-8,19H,9-13H2,1H3. The molecule has 0 radical (unpaired) electrons. The molecule has 1 aliphatic carbocycles. The molecule has 1 saturated carbocycles. The summed E-state index contributed by atoms with van der Waals surface area (Å²) >= 11 is 0. The van der Waals surface area contributed by atoms with Gasteiger partial charge < -0.3 is 14.2 Å². The van der Waals surface area contributed by atoms with Gasteiger partial charge in [-0.05, 0) is 30.7 Å². The molecule has 7 nitrogen and oxygen atoms in total.